The molecule has 13 atom stereocenters. The third-order valence-corrected chi connectivity index (χ3v) is 16.7. The molecule has 0 unspecified atom stereocenters. The van der Waals surface area contributed by atoms with Crippen LogP contribution in [0.15, 0.2) is 0 Å². The van der Waals surface area contributed by atoms with E-state index in [4.69, 9.17) is 18.9 Å². The highest BCUT2D eigenvalue weighted by Gasteiger charge is 2.84. The standard InChI is InChI=1S/C39H60N2O8/c1-22(2)30(49-33(44)40-15-8-16-40)25-17-23(3)29-31(47-25)32(43)37(7)27-10-9-26-35(4,5)28(48-34(45)41-18-24(19-41)46-21-42)11-12-38(26)20-39(27,38)14-13-36(29,37)6/h21-32,43H,8-20H2,1-7H3/t23-,25-,26+,27+,28+,29+,30-,31+,32+,36-,37-,38-,39+/m1/s1. The SMILES string of the molecule is CC(C)[C@@H](OC(=O)N1CCC1)[C@H]1C[C@@H](C)[C@H]2[C@H](O1)[C@H](O)[C@@]1(C)[C@@H]3CC[C@H]4C(C)(C)[C@@H](OC(=O)N5CC(OC=O)C5)CC[C@@]45C[C@@]35CC[C@]21C. The van der Waals surface area contributed by atoms with Crippen LogP contribution in [-0.2, 0) is 23.7 Å². The fourth-order valence-corrected chi connectivity index (χ4v) is 14.0. The van der Waals surface area contributed by atoms with E-state index in [1.807, 2.05) is 0 Å². The molecule has 0 aromatic carbocycles. The molecule has 5 saturated carbocycles. The van der Waals surface area contributed by atoms with Crippen molar-refractivity contribution in [3.8, 4) is 0 Å². The monoisotopic (exact) mass is 684 g/mol. The van der Waals surface area contributed by atoms with Crippen LogP contribution in [0.3, 0.4) is 0 Å². The number of rotatable bonds is 6. The average molecular weight is 685 g/mol. The van der Waals surface area contributed by atoms with Crippen LogP contribution in [0.5, 0.6) is 0 Å². The highest BCUT2D eigenvalue weighted by Crippen LogP contribution is 2.89. The number of likely N-dealkylation sites (tertiary alicyclic amines) is 2. The first-order valence-corrected chi connectivity index (χ1v) is 19.5. The Hall–Kier alpha value is -2.07. The third-order valence-electron chi connectivity index (χ3n) is 16.7. The van der Waals surface area contributed by atoms with Crippen LogP contribution in [0.25, 0.3) is 0 Å². The quantitative estimate of drug-likeness (QED) is 0.267. The summed E-state index contributed by atoms with van der Waals surface area (Å²) in [5.74, 6) is 1.61. The molecular formula is C39H60N2O8. The van der Waals surface area contributed by atoms with Gasteiger partial charge in [0.1, 0.15) is 18.3 Å². The number of amides is 2. The van der Waals surface area contributed by atoms with Gasteiger partial charge in [0.2, 0.25) is 0 Å². The first-order chi connectivity index (χ1) is 23.1. The van der Waals surface area contributed by atoms with Crippen molar-refractivity contribution in [1.82, 2.24) is 9.80 Å². The number of carbonyl (C=O) groups is 3. The zero-order chi connectivity index (χ0) is 34.9. The van der Waals surface area contributed by atoms with Crippen molar-refractivity contribution < 1.29 is 38.4 Å². The Morgan fingerprint density at radius 2 is 1.63 bits per heavy atom. The molecule has 0 bridgehead atoms. The lowest BCUT2D eigenvalue weighted by Crippen LogP contribution is -2.60. The van der Waals surface area contributed by atoms with Crippen LogP contribution in [0, 0.1) is 56.7 Å². The molecule has 49 heavy (non-hydrogen) atoms. The second-order valence-electron chi connectivity index (χ2n) is 19.1. The van der Waals surface area contributed by atoms with Gasteiger partial charge in [-0.05, 0) is 104 Å². The maximum absolute atomic E-state index is 13.1. The number of fused-ring (bicyclic) bond motifs is 4. The molecule has 3 aliphatic heterocycles. The predicted octanol–water partition coefficient (Wildman–Crippen LogP) is 6.03. The molecule has 3 saturated heterocycles. The number of aliphatic hydroxyl groups is 1. The number of hydrogen-bond donors (Lipinski definition) is 1. The molecule has 5 aliphatic carbocycles. The molecule has 8 fully saturated rings. The molecule has 10 nitrogen and oxygen atoms in total. The van der Waals surface area contributed by atoms with E-state index in [1.54, 1.807) is 9.80 Å². The zero-order valence-corrected chi connectivity index (χ0v) is 30.8. The van der Waals surface area contributed by atoms with E-state index in [1.165, 1.54) is 12.8 Å². The van der Waals surface area contributed by atoms with Gasteiger partial charge < -0.3 is 33.9 Å². The van der Waals surface area contributed by atoms with Crippen LogP contribution in [0.2, 0.25) is 0 Å². The Kier molecular flexibility index (Phi) is 7.79. The lowest BCUT2D eigenvalue weighted by Gasteiger charge is -2.63. The molecule has 0 aromatic rings. The van der Waals surface area contributed by atoms with Crippen molar-refractivity contribution in [3.63, 3.8) is 0 Å². The fourth-order valence-electron chi connectivity index (χ4n) is 14.0. The number of ether oxygens (including phenoxy) is 4. The van der Waals surface area contributed by atoms with Crippen molar-refractivity contribution in [2.45, 2.75) is 143 Å². The predicted molar refractivity (Wildman–Crippen MR) is 180 cm³/mol. The number of aliphatic hydroxyl groups excluding tert-OH is 1. The summed E-state index contributed by atoms with van der Waals surface area (Å²) < 4.78 is 24.4. The second kappa shape index (κ2) is 11.2. The van der Waals surface area contributed by atoms with Crippen molar-refractivity contribution in [1.29, 1.82) is 0 Å². The molecule has 1 N–H and O–H groups in total. The molecule has 3 heterocycles. The summed E-state index contributed by atoms with van der Waals surface area (Å²) in [6.07, 6.45) is 7.18. The third kappa shape index (κ3) is 4.46. The van der Waals surface area contributed by atoms with Crippen molar-refractivity contribution in [2.75, 3.05) is 26.2 Å². The first-order valence-electron chi connectivity index (χ1n) is 19.5. The minimum absolute atomic E-state index is 0.0411. The number of nitrogens with zero attached hydrogens (tertiary/aromatic N) is 2. The highest BCUT2D eigenvalue weighted by atomic mass is 16.6. The number of carbonyl (C=O) groups excluding carboxylic acids is 3. The van der Waals surface area contributed by atoms with E-state index in [2.05, 4.69) is 48.5 Å². The van der Waals surface area contributed by atoms with E-state index < -0.39 is 6.10 Å². The largest absolute Gasteiger partial charge is 0.461 e. The lowest BCUT2D eigenvalue weighted by molar-refractivity contribution is -0.186. The molecule has 2 amide bonds. The molecule has 8 rings (SSSR count). The van der Waals surface area contributed by atoms with Gasteiger partial charge in [0.15, 0.2) is 0 Å². The molecule has 8 aliphatic rings. The van der Waals surface area contributed by atoms with Crippen LogP contribution in [-0.4, -0.2) is 96.4 Å². The maximum Gasteiger partial charge on any atom is 0.410 e. The normalized spacial score (nSPS) is 48.3. The maximum atomic E-state index is 13.1. The first kappa shape index (κ1) is 34.0. The van der Waals surface area contributed by atoms with Crippen LogP contribution >= 0.6 is 0 Å². The molecule has 0 radical (unpaired) electrons. The van der Waals surface area contributed by atoms with Gasteiger partial charge in [0, 0.05) is 23.9 Å². The smallest absolute Gasteiger partial charge is 0.410 e. The van der Waals surface area contributed by atoms with E-state index in [-0.39, 0.29) is 81.6 Å². The second-order valence-corrected chi connectivity index (χ2v) is 19.1. The lowest BCUT2D eigenvalue weighted by atomic mass is 9.41. The van der Waals surface area contributed by atoms with Crippen molar-refractivity contribution >= 4 is 18.7 Å². The number of hydrogen-bond acceptors (Lipinski definition) is 8. The molecule has 0 aromatic heterocycles. The van der Waals surface area contributed by atoms with E-state index in [9.17, 15) is 19.5 Å². The Bertz CT molecular complexity index is 1360. The van der Waals surface area contributed by atoms with Gasteiger partial charge in [0.05, 0.1) is 31.4 Å². The van der Waals surface area contributed by atoms with Gasteiger partial charge in [-0.3, -0.25) is 4.79 Å². The van der Waals surface area contributed by atoms with Gasteiger partial charge in [-0.2, -0.15) is 0 Å². The van der Waals surface area contributed by atoms with Gasteiger partial charge >= 0.3 is 12.2 Å². The molecule has 274 valence electrons. The minimum atomic E-state index is -0.572. The van der Waals surface area contributed by atoms with Crippen molar-refractivity contribution in [3.05, 3.63) is 0 Å². The summed E-state index contributed by atoms with van der Waals surface area (Å²) in [7, 11) is 0. The van der Waals surface area contributed by atoms with E-state index in [0.29, 0.717) is 37.3 Å². The molecular weight excluding hydrogens is 624 g/mol. The summed E-state index contributed by atoms with van der Waals surface area (Å²) in [4.78, 5) is 40.1. The van der Waals surface area contributed by atoms with E-state index in [0.717, 1.165) is 58.0 Å². The van der Waals surface area contributed by atoms with Crippen molar-refractivity contribution in [2.24, 2.45) is 56.7 Å². The average Bonchev–Trinajstić information content (AvgIpc) is 3.62. The Morgan fingerprint density at radius 1 is 0.939 bits per heavy atom. The van der Waals surface area contributed by atoms with E-state index >= 15 is 0 Å². The summed E-state index contributed by atoms with van der Waals surface area (Å²) in [5.41, 5.74) is -0.0360. The van der Waals surface area contributed by atoms with Gasteiger partial charge in [0.25, 0.3) is 6.47 Å². The molecule has 2 spiro atoms. The Morgan fingerprint density at radius 3 is 2.29 bits per heavy atom. The van der Waals surface area contributed by atoms with Crippen LogP contribution in [0.1, 0.15) is 106 Å². The summed E-state index contributed by atoms with van der Waals surface area (Å²) >= 11 is 0. The minimum Gasteiger partial charge on any atom is -0.461 e. The summed E-state index contributed by atoms with van der Waals surface area (Å²) in [6.45, 7) is 18.9. The Balaban J connectivity index is 1.01. The molecule has 10 heteroatoms. The van der Waals surface area contributed by atoms with Gasteiger partial charge in [-0.15, -0.1) is 0 Å². The van der Waals surface area contributed by atoms with Crippen LogP contribution < -0.4 is 0 Å². The Labute approximate surface area is 292 Å². The summed E-state index contributed by atoms with van der Waals surface area (Å²) in [6, 6.07) is 0. The topological polar surface area (TPSA) is 115 Å². The highest BCUT2D eigenvalue weighted by molar-refractivity contribution is 5.69. The fraction of sp³-hybridized carbons (Fsp3) is 0.923. The van der Waals surface area contributed by atoms with Gasteiger partial charge in [-0.25, -0.2) is 9.59 Å². The van der Waals surface area contributed by atoms with Gasteiger partial charge in [-0.1, -0.05) is 48.5 Å². The zero-order valence-electron chi connectivity index (χ0n) is 30.8. The van der Waals surface area contributed by atoms with Crippen LogP contribution in [0.4, 0.5) is 9.59 Å². The summed E-state index contributed by atoms with van der Waals surface area (Å²) in [5, 5.41) is 12.6.